The van der Waals surface area contributed by atoms with Crippen LogP contribution in [0.1, 0.15) is 32.1 Å². The number of benzene rings is 2. The first kappa shape index (κ1) is 24.5. The van der Waals surface area contributed by atoms with Gasteiger partial charge in [-0.25, -0.2) is 14.4 Å². The molecule has 1 aliphatic carbocycles. The predicted molar refractivity (Wildman–Crippen MR) is 137 cm³/mol. The molecule has 10 heteroatoms. The zero-order chi connectivity index (χ0) is 25.2. The molecule has 2 N–H and O–H groups in total. The van der Waals surface area contributed by atoms with Gasteiger partial charge in [0.2, 0.25) is 5.91 Å². The molecule has 1 aromatic heterocycles. The number of amides is 1. The Hall–Kier alpha value is -3.17. The van der Waals surface area contributed by atoms with Gasteiger partial charge in [-0.1, -0.05) is 17.7 Å². The molecule has 8 nitrogen and oxygen atoms in total. The summed E-state index contributed by atoms with van der Waals surface area (Å²) in [6, 6.07) is 8.79. The number of nitrogens with zero attached hydrogens (tertiary/aromatic N) is 3. The third-order valence-corrected chi connectivity index (χ3v) is 7.43. The molecule has 1 aliphatic heterocycles. The molecular formula is C26H29ClFN5O3. The van der Waals surface area contributed by atoms with Crippen molar-refractivity contribution in [3.05, 3.63) is 47.5 Å². The SMILES string of the molecule is CNC(=O)[C@@H]1CCN1[C@H]1CC[C@H](Oc2cc3c(Nc4cccc(Cl)c4F)ncnc3cc2OC)CC1. The number of rotatable bonds is 7. The number of ether oxygens (including phenoxy) is 2. The molecule has 2 fully saturated rings. The van der Waals surface area contributed by atoms with E-state index in [9.17, 15) is 9.18 Å². The maximum Gasteiger partial charge on any atom is 0.237 e. The number of hydrogen-bond acceptors (Lipinski definition) is 7. The fourth-order valence-electron chi connectivity index (χ4n) is 5.11. The first-order valence-electron chi connectivity index (χ1n) is 12.2. The van der Waals surface area contributed by atoms with Crippen LogP contribution in [0.15, 0.2) is 36.7 Å². The molecule has 0 bridgehead atoms. The summed E-state index contributed by atoms with van der Waals surface area (Å²) in [6.45, 7) is 0.968. The Morgan fingerprint density at radius 1 is 1.14 bits per heavy atom. The highest BCUT2D eigenvalue weighted by Crippen LogP contribution is 2.38. The second-order valence-corrected chi connectivity index (χ2v) is 9.58. The third kappa shape index (κ3) is 4.77. The van der Waals surface area contributed by atoms with Gasteiger partial charge in [-0.15, -0.1) is 0 Å². The second kappa shape index (κ2) is 10.4. The molecular weight excluding hydrogens is 485 g/mol. The van der Waals surface area contributed by atoms with Gasteiger partial charge >= 0.3 is 0 Å². The van der Waals surface area contributed by atoms with E-state index in [0.29, 0.717) is 34.3 Å². The van der Waals surface area contributed by atoms with Crippen molar-refractivity contribution < 1.29 is 18.7 Å². The summed E-state index contributed by atoms with van der Waals surface area (Å²) >= 11 is 5.94. The normalized spacial score (nSPS) is 22.1. The van der Waals surface area contributed by atoms with Gasteiger partial charge in [0.05, 0.1) is 35.5 Å². The first-order valence-corrected chi connectivity index (χ1v) is 12.5. The smallest absolute Gasteiger partial charge is 0.237 e. The van der Waals surface area contributed by atoms with Crippen molar-refractivity contribution in [2.24, 2.45) is 0 Å². The van der Waals surface area contributed by atoms with E-state index in [0.717, 1.165) is 38.6 Å². The highest BCUT2D eigenvalue weighted by molar-refractivity contribution is 6.31. The van der Waals surface area contributed by atoms with E-state index < -0.39 is 5.82 Å². The van der Waals surface area contributed by atoms with Crippen molar-refractivity contribution in [2.75, 3.05) is 26.0 Å². The number of hydrogen-bond donors (Lipinski definition) is 2. The number of carbonyl (C=O) groups is 1. The fraction of sp³-hybridized carbons (Fsp3) is 0.423. The van der Waals surface area contributed by atoms with E-state index in [1.807, 2.05) is 6.07 Å². The van der Waals surface area contributed by atoms with Crippen LogP contribution in [0.3, 0.4) is 0 Å². The average Bonchev–Trinajstić information content (AvgIpc) is 2.87. The van der Waals surface area contributed by atoms with Crippen LogP contribution in [0, 0.1) is 5.82 Å². The highest BCUT2D eigenvalue weighted by Gasteiger charge is 2.39. The minimum Gasteiger partial charge on any atom is -0.493 e. The third-order valence-electron chi connectivity index (χ3n) is 7.14. The highest BCUT2D eigenvalue weighted by atomic mass is 35.5. The Bertz CT molecular complexity index is 1270. The molecule has 0 radical (unpaired) electrons. The zero-order valence-electron chi connectivity index (χ0n) is 20.3. The van der Waals surface area contributed by atoms with Crippen LogP contribution in [-0.4, -0.2) is 59.7 Å². The fourth-order valence-corrected chi connectivity index (χ4v) is 5.28. The van der Waals surface area contributed by atoms with E-state index in [4.69, 9.17) is 21.1 Å². The van der Waals surface area contributed by atoms with E-state index in [1.165, 1.54) is 12.4 Å². The molecule has 5 rings (SSSR count). The van der Waals surface area contributed by atoms with Gasteiger partial charge in [-0.05, 0) is 50.3 Å². The molecule has 2 heterocycles. The van der Waals surface area contributed by atoms with Crippen molar-refractivity contribution >= 4 is 39.9 Å². The van der Waals surface area contributed by atoms with Crippen LogP contribution in [0.25, 0.3) is 10.9 Å². The lowest BCUT2D eigenvalue weighted by atomic mass is 9.87. The topological polar surface area (TPSA) is 88.6 Å². The molecule has 2 aliphatic rings. The molecule has 1 amide bonds. The molecule has 0 unspecified atom stereocenters. The number of methoxy groups -OCH3 is 1. The number of anilines is 2. The molecule has 190 valence electrons. The standard InChI is InChI=1S/C26H29ClFN5O3/c1-29-26(34)21-10-11-33(21)15-6-8-16(9-7-15)36-23-12-17-20(13-22(23)35-2)30-14-31-25(17)32-19-5-3-4-18(27)24(19)28/h3-5,12-16,21H,6-11H2,1-2H3,(H,29,34)(H,30,31,32)/t15-,16-,21-/m0/s1. The van der Waals surface area contributed by atoms with Gasteiger partial charge in [0.15, 0.2) is 17.3 Å². The van der Waals surface area contributed by atoms with E-state index >= 15 is 0 Å². The zero-order valence-corrected chi connectivity index (χ0v) is 21.0. The van der Waals surface area contributed by atoms with Crippen molar-refractivity contribution in [3.8, 4) is 11.5 Å². The van der Waals surface area contributed by atoms with Crippen LogP contribution < -0.4 is 20.1 Å². The average molecular weight is 514 g/mol. The van der Waals surface area contributed by atoms with Crippen LogP contribution in [0.4, 0.5) is 15.9 Å². The lowest BCUT2D eigenvalue weighted by molar-refractivity contribution is -0.133. The summed E-state index contributed by atoms with van der Waals surface area (Å²) in [5, 5.41) is 6.50. The van der Waals surface area contributed by atoms with E-state index in [-0.39, 0.29) is 28.8 Å². The number of likely N-dealkylation sites (tertiary alicyclic amines) is 1. The van der Waals surface area contributed by atoms with Gasteiger partial charge in [0.1, 0.15) is 12.1 Å². The Balaban J connectivity index is 1.33. The summed E-state index contributed by atoms with van der Waals surface area (Å²) in [4.78, 5) is 23.1. The number of carbonyl (C=O) groups excluding carboxylic acids is 1. The van der Waals surface area contributed by atoms with E-state index in [1.54, 1.807) is 32.4 Å². The molecule has 36 heavy (non-hydrogen) atoms. The number of nitrogens with one attached hydrogen (secondary N) is 2. The number of fused-ring (bicyclic) bond motifs is 1. The number of aromatic nitrogens is 2. The van der Waals surface area contributed by atoms with Crippen LogP contribution >= 0.6 is 11.6 Å². The van der Waals surface area contributed by atoms with Crippen molar-refractivity contribution in [3.63, 3.8) is 0 Å². The van der Waals surface area contributed by atoms with Crippen molar-refractivity contribution in [1.29, 1.82) is 0 Å². The summed E-state index contributed by atoms with van der Waals surface area (Å²) in [7, 11) is 3.29. The quantitative estimate of drug-likeness (QED) is 0.474. The van der Waals surface area contributed by atoms with Crippen molar-refractivity contribution in [2.45, 2.75) is 50.3 Å². The summed E-state index contributed by atoms with van der Waals surface area (Å²) in [6.07, 6.45) is 6.06. The molecule has 1 saturated heterocycles. The first-order chi connectivity index (χ1) is 17.5. The summed E-state index contributed by atoms with van der Waals surface area (Å²) < 4.78 is 26.5. The number of halogens is 2. The Kier molecular flexibility index (Phi) is 7.11. The molecule has 1 atom stereocenters. The Morgan fingerprint density at radius 2 is 1.94 bits per heavy atom. The molecule has 0 spiro atoms. The lowest BCUT2D eigenvalue weighted by Gasteiger charge is -2.47. The second-order valence-electron chi connectivity index (χ2n) is 9.17. The van der Waals surface area contributed by atoms with Crippen LogP contribution in [-0.2, 0) is 4.79 Å². The predicted octanol–water partition coefficient (Wildman–Crippen LogP) is 4.68. The van der Waals surface area contributed by atoms with Crippen LogP contribution in [0.5, 0.6) is 11.5 Å². The Morgan fingerprint density at radius 3 is 2.64 bits per heavy atom. The molecule has 2 aromatic carbocycles. The van der Waals surface area contributed by atoms with Gasteiger partial charge in [0, 0.05) is 31.1 Å². The molecule has 3 aromatic rings. The number of likely N-dealkylation sites (N-methyl/N-ethyl adjacent to an activating group) is 1. The summed E-state index contributed by atoms with van der Waals surface area (Å²) in [5.74, 6) is 1.16. The van der Waals surface area contributed by atoms with Gasteiger partial charge in [0.25, 0.3) is 0 Å². The van der Waals surface area contributed by atoms with Crippen molar-refractivity contribution in [1.82, 2.24) is 20.2 Å². The monoisotopic (exact) mass is 513 g/mol. The van der Waals surface area contributed by atoms with E-state index in [2.05, 4.69) is 25.5 Å². The van der Waals surface area contributed by atoms with Gasteiger partial charge in [-0.2, -0.15) is 0 Å². The maximum absolute atomic E-state index is 14.5. The summed E-state index contributed by atoms with van der Waals surface area (Å²) in [5.41, 5.74) is 0.862. The maximum atomic E-state index is 14.5. The lowest BCUT2D eigenvalue weighted by Crippen LogP contribution is -2.60. The van der Waals surface area contributed by atoms with Crippen LogP contribution in [0.2, 0.25) is 5.02 Å². The minimum absolute atomic E-state index is 0.00620. The molecule has 1 saturated carbocycles. The van der Waals surface area contributed by atoms with Gasteiger partial charge in [-0.3, -0.25) is 9.69 Å². The largest absolute Gasteiger partial charge is 0.493 e. The van der Waals surface area contributed by atoms with Gasteiger partial charge < -0.3 is 20.1 Å². The Labute approximate surface area is 214 Å². The minimum atomic E-state index is -0.548.